The van der Waals surface area contributed by atoms with Crippen LogP contribution in [0.2, 0.25) is 0 Å². The monoisotopic (exact) mass is 476 g/mol. The Labute approximate surface area is 208 Å². The highest BCUT2D eigenvalue weighted by atomic mass is 16.3. The Balaban J connectivity index is 1.60. The first-order valence-electron chi connectivity index (χ1n) is 11.5. The van der Waals surface area contributed by atoms with Gasteiger partial charge in [0.2, 0.25) is 11.6 Å². The van der Waals surface area contributed by atoms with Gasteiger partial charge in [0.05, 0.1) is 5.39 Å². The lowest BCUT2D eigenvalue weighted by molar-refractivity contribution is -0.111. The van der Waals surface area contributed by atoms with Crippen molar-refractivity contribution in [3.8, 4) is 28.2 Å². The lowest BCUT2D eigenvalue weighted by Crippen LogP contribution is -2.07. The van der Waals surface area contributed by atoms with E-state index < -0.39 is 0 Å². The number of hydrogen-bond acceptors (Lipinski definition) is 6. The number of carbonyl (C=O) groups excluding carboxylic acids is 1. The standard InChI is InChI=1S/C29H24N4O3/c1-2-24(35)33-22-13-8-12-21(17-22)25-26-28(30-16-15-19-9-6-7-14-23(19)34)31-18-32-29(26)36-27(25)20-10-4-3-5-11-20/h2-14,17-18,34H,1,15-16H2,(H,33,35)(H,30,31,32). The van der Waals surface area contributed by atoms with Crippen LogP contribution in [0.5, 0.6) is 5.75 Å². The van der Waals surface area contributed by atoms with E-state index in [2.05, 4.69) is 27.2 Å². The molecule has 0 aliphatic carbocycles. The number of furan rings is 1. The minimum Gasteiger partial charge on any atom is -0.508 e. The number of para-hydroxylation sites is 1. The number of nitrogens with zero attached hydrogens (tertiary/aromatic N) is 2. The Morgan fingerprint density at radius 3 is 2.56 bits per heavy atom. The van der Waals surface area contributed by atoms with Crippen molar-refractivity contribution in [2.24, 2.45) is 0 Å². The Bertz CT molecular complexity index is 1540. The second-order valence-corrected chi connectivity index (χ2v) is 8.15. The number of fused-ring (bicyclic) bond motifs is 1. The normalized spacial score (nSPS) is 10.8. The number of aromatic nitrogens is 2. The molecule has 0 atom stereocenters. The van der Waals surface area contributed by atoms with Crippen LogP contribution in [0.1, 0.15) is 5.56 Å². The lowest BCUT2D eigenvalue weighted by Gasteiger charge is -2.10. The first kappa shape index (κ1) is 22.9. The Morgan fingerprint density at radius 1 is 0.972 bits per heavy atom. The molecule has 0 radical (unpaired) electrons. The fourth-order valence-corrected chi connectivity index (χ4v) is 4.12. The van der Waals surface area contributed by atoms with Gasteiger partial charge >= 0.3 is 0 Å². The maximum absolute atomic E-state index is 11.9. The summed E-state index contributed by atoms with van der Waals surface area (Å²) < 4.78 is 6.27. The third kappa shape index (κ3) is 4.67. The summed E-state index contributed by atoms with van der Waals surface area (Å²) >= 11 is 0. The molecule has 5 aromatic rings. The van der Waals surface area contributed by atoms with Crippen LogP contribution in [-0.2, 0) is 11.2 Å². The molecular formula is C29H24N4O3. The number of benzene rings is 3. The van der Waals surface area contributed by atoms with Crippen LogP contribution >= 0.6 is 0 Å². The van der Waals surface area contributed by atoms with Crippen molar-refractivity contribution < 1.29 is 14.3 Å². The first-order valence-corrected chi connectivity index (χ1v) is 11.5. The van der Waals surface area contributed by atoms with Crippen LogP contribution in [0, 0.1) is 0 Å². The topological polar surface area (TPSA) is 100 Å². The fourth-order valence-electron chi connectivity index (χ4n) is 4.12. The second kappa shape index (κ2) is 10.1. The van der Waals surface area contributed by atoms with Crippen LogP contribution in [0.3, 0.4) is 0 Å². The van der Waals surface area contributed by atoms with Crippen molar-refractivity contribution in [2.45, 2.75) is 6.42 Å². The summed E-state index contributed by atoms with van der Waals surface area (Å²) in [6.07, 6.45) is 3.31. The Hall–Kier alpha value is -4.91. The molecule has 1 amide bonds. The van der Waals surface area contributed by atoms with Crippen molar-refractivity contribution in [1.29, 1.82) is 0 Å². The van der Waals surface area contributed by atoms with Gasteiger partial charge in [0.25, 0.3) is 0 Å². The zero-order valence-electron chi connectivity index (χ0n) is 19.4. The van der Waals surface area contributed by atoms with Crippen LogP contribution in [0.4, 0.5) is 11.5 Å². The van der Waals surface area contributed by atoms with Crippen LogP contribution in [0.15, 0.2) is 102 Å². The maximum Gasteiger partial charge on any atom is 0.247 e. The molecular weight excluding hydrogens is 452 g/mol. The van der Waals surface area contributed by atoms with Crippen molar-refractivity contribution in [1.82, 2.24) is 9.97 Å². The van der Waals surface area contributed by atoms with E-state index in [1.807, 2.05) is 66.7 Å². The van der Waals surface area contributed by atoms with E-state index in [1.165, 1.54) is 12.4 Å². The first-order chi connectivity index (χ1) is 17.6. The van der Waals surface area contributed by atoms with Gasteiger partial charge in [-0.2, -0.15) is 0 Å². The van der Waals surface area contributed by atoms with E-state index in [1.54, 1.807) is 12.1 Å². The van der Waals surface area contributed by atoms with Gasteiger partial charge in [0, 0.05) is 23.4 Å². The van der Waals surface area contributed by atoms with Crippen molar-refractivity contribution >= 4 is 28.5 Å². The SMILES string of the molecule is C=CC(=O)Nc1cccc(-c2c(-c3ccccc3)oc3ncnc(NCCc4ccccc4O)c23)c1. The Morgan fingerprint density at radius 2 is 1.75 bits per heavy atom. The molecule has 0 saturated carbocycles. The summed E-state index contributed by atoms with van der Waals surface area (Å²) in [5.74, 6) is 1.25. The molecule has 178 valence electrons. The van der Waals surface area contributed by atoms with Crippen molar-refractivity contribution in [3.63, 3.8) is 0 Å². The molecule has 3 N–H and O–H groups in total. The largest absolute Gasteiger partial charge is 0.508 e. The number of rotatable bonds is 8. The molecule has 3 aromatic carbocycles. The molecule has 0 unspecified atom stereocenters. The molecule has 5 rings (SSSR count). The number of amides is 1. The molecule has 36 heavy (non-hydrogen) atoms. The number of phenolic OH excluding ortho intramolecular Hbond substituents is 1. The number of anilines is 2. The van der Waals surface area contributed by atoms with Gasteiger partial charge in [-0.05, 0) is 41.8 Å². The van der Waals surface area contributed by atoms with E-state index in [0.29, 0.717) is 35.9 Å². The summed E-state index contributed by atoms with van der Waals surface area (Å²) in [4.78, 5) is 20.8. The zero-order chi connectivity index (χ0) is 24.9. The molecule has 2 aromatic heterocycles. The van der Waals surface area contributed by atoms with Crippen LogP contribution in [-0.4, -0.2) is 27.5 Å². The van der Waals surface area contributed by atoms with Gasteiger partial charge in [0.1, 0.15) is 23.7 Å². The van der Waals surface area contributed by atoms with Gasteiger partial charge in [0.15, 0.2) is 0 Å². The van der Waals surface area contributed by atoms with E-state index in [-0.39, 0.29) is 11.7 Å². The molecule has 0 aliphatic rings. The minimum absolute atomic E-state index is 0.265. The van der Waals surface area contributed by atoms with Gasteiger partial charge in [-0.25, -0.2) is 9.97 Å². The summed E-state index contributed by atoms with van der Waals surface area (Å²) in [6.45, 7) is 4.07. The highest BCUT2D eigenvalue weighted by Crippen LogP contribution is 2.43. The van der Waals surface area contributed by atoms with E-state index in [0.717, 1.165) is 27.6 Å². The number of carbonyl (C=O) groups is 1. The van der Waals surface area contributed by atoms with Gasteiger partial charge in [-0.1, -0.05) is 67.2 Å². The average Bonchev–Trinajstić information content (AvgIpc) is 3.31. The van der Waals surface area contributed by atoms with E-state index >= 15 is 0 Å². The van der Waals surface area contributed by atoms with Gasteiger partial charge < -0.3 is 20.2 Å². The molecule has 0 aliphatic heterocycles. The minimum atomic E-state index is -0.290. The Kier molecular flexibility index (Phi) is 6.44. The summed E-state index contributed by atoms with van der Waals surface area (Å²) in [7, 11) is 0. The quantitative estimate of drug-likeness (QED) is 0.236. The molecule has 7 nitrogen and oxygen atoms in total. The summed E-state index contributed by atoms with van der Waals surface area (Å²) in [5.41, 5.74) is 4.48. The lowest BCUT2D eigenvalue weighted by atomic mass is 9.98. The number of hydrogen-bond donors (Lipinski definition) is 3. The van der Waals surface area contributed by atoms with Crippen molar-refractivity contribution in [3.05, 3.63) is 103 Å². The molecule has 0 bridgehead atoms. The van der Waals surface area contributed by atoms with E-state index in [4.69, 9.17) is 4.42 Å². The second-order valence-electron chi connectivity index (χ2n) is 8.15. The van der Waals surface area contributed by atoms with E-state index in [9.17, 15) is 9.90 Å². The highest BCUT2D eigenvalue weighted by molar-refractivity contribution is 6.06. The maximum atomic E-state index is 11.9. The molecule has 2 heterocycles. The zero-order valence-corrected chi connectivity index (χ0v) is 19.4. The van der Waals surface area contributed by atoms with Gasteiger partial charge in [-0.15, -0.1) is 0 Å². The van der Waals surface area contributed by atoms with Crippen LogP contribution < -0.4 is 10.6 Å². The molecule has 0 saturated heterocycles. The summed E-state index contributed by atoms with van der Waals surface area (Å²) in [5, 5.41) is 17.0. The number of phenols is 1. The van der Waals surface area contributed by atoms with Crippen LogP contribution in [0.25, 0.3) is 33.6 Å². The van der Waals surface area contributed by atoms with Crippen molar-refractivity contribution in [2.75, 3.05) is 17.2 Å². The third-order valence-electron chi connectivity index (χ3n) is 5.81. The molecule has 7 heteroatoms. The van der Waals surface area contributed by atoms with Gasteiger partial charge in [-0.3, -0.25) is 4.79 Å². The summed E-state index contributed by atoms with van der Waals surface area (Å²) in [6, 6.07) is 24.6. The predicted molar refractivity (Wildman–Crippen MR) is 142 cm³/mol. The molecule has 0 spiro atoms. The number of aromatic hydroxyl groups is 1. The molecule has 0 fully saturated rings. The third-order valence-corrected chi connectivity index (χ3v) is 5.81. The smallest absolute Gasteiger partial charge is 0.247 e. The average molecular weight is 477 g/mol. The fraction of sp³-hybridized carbons (Fsp3) is 0.0690. The predicted octanol–water partition coefficient (Wildman–Crippen LogP) is 6.04. The highest BCUT2D eigenvalue weighted by Gasteiger charge is 2.22. The number of nitrogens with one attached hydrogen (secondary N) is 2.